The Labute approximate surface area is 149 Å². The van der Waals surface area contributed by atoms with Gasteiger partial charge in [0.15, 0.2) is 0 Å². The van der Waals surface area contributed by atoms with Crippen LogP contribution in [0.3, 0.4) is 0 Å². The predicted molar refractivity (Wildman–Crippen MR) is 89.8 cm³/mol. The molecule has 0 saturated heterocycles. The zero-order valence-electron chi connectivity index (χ0n) is 13.0. The molecule has 11 heteroatoms. The Balaban J connectivity index is 2.08. The van der Waals surface area contributed by atoms with Gasteiger partial charge in [-0.2, -0.15) is 13.2 Å². The maximum absolute atomic E-state index is 12.5. The molecule has 2 rings (SSSR count). The number of carbonyl (C=O) groups excluding carboxylic acids is 3. The van der Waals surface area contributed by atoms with E-state index in [1.165, 1.54) is 18.2 Å². The molecule has 1 aromatic carbocycles. The SMILES string of the molecule is NC(=O)Nc1sc(NC(=O)Cc2ccc(C(F)(F)F)cc2)cc1C(N)=O. The summed E-state index contributed by atoms with van der Waals surface area (Å²) in [5.74, 6) is -1.35. The minimum Gasteiger partial charge on any atom is -0.366 e. The van der Waals surface area contributed by atoms with Gasteiger partial charge in [0, 0.05) is 0 Å². The summed E-state index contributed by atoms with van der Waals surface area (Å²) in [4.78, 5) is 34.3. The number of primary amides is 2. The molecule has 4 amide bonds. The highest BCUT2D eigenvalue weighted by atomic mass is 32.1. The van der Waals surface area contributed by atoms with Gasteiger partial charge in [-0.15, -0.1) is 0 Å². The molecule has 0 bridgehead atoms. The quantitative estimate of drug-likeness (QED) is 0.630. The number of amides is 4. The lowest BCUT2D eigenvalue weighted by molar-refractivity contribution is -0.137. The fourth-order valence-corrected chi connectivity index (χ4v) is 3.00. The van der Waals surface area contributed by atoms with E-state index in [0.29, 0.717) is 5.56 Å². The third-order valence-electron chi connectivity index (χ3n) is 3.14. The van der Waals surface area contributed by atoms with E-state index in [4.69, 9.17) is 11.5 Å². The van der Waals surface area contributed by atoms with Crippen LogP contribution >= 0.6 is 11.3 Å². The van der Waals surface area contributed by atoms with Crippen molar-refractivity contribution in [3.63, 3.8) is 0 Å². The van der Waals surface area contributed by atoms with Crippen molar-refractivity contribution in [2.24, 2.45) is 11.5 Å². The Morgan fingerprint density at radius 3 is 2.15 bits per heavy atom. The molecule has 26 heavy (non-hydrogen) atoms. The molecular formula is C15H13F3N4O3S. The van der Waals surface area contributed by atoms with E-state index in [9.17, 15) is 27.6 Å². The van der Waals surface area contributed by atoms with Crippen LogP contribution in [0.2, 0.25) is 0 Å². The van der Waals surface area contributed by atoms with Gasteiger partial charge in [0.05, 0.1) is 22.5 Å². The van der Waals surface area contributed by atoms with E-state index < -0.39 is 29.6 Å². The lowest BCUT2D eigenvalue weighted by Gasteiger charge is -2.07. The Bertz CT molecular complexity index is 847. The molecule has 0 radical (unpaired) electrons. The highest BCUT2D eigenvalue weighted by molar-refractivity contribution is 7.20. The summed E-state index contributed by atoms with van der Waals surface area (Å²) in [7, 11) is 0. The third kappa shape index (κ3) is 4.96. The first-order valence-corrected chi connectivity index (χ1v) is 7.84. The highest BCUT2D eigenvalue weighted by Gasteiger charge is 2.30. The maximum Gasteiger partial charge on any atom is 0.416 e. The van der Waals surface area contributed by atoms with Gasteiger partial charge in [0.1, 0.15) is 5.00 Å². The van der Waals surface area contributed by atoms with E-state index in [2.05, 4.69) is 10.6 Å². The first-order chi connectivity index (χ1) is 12.1. The number of thiophene rings is 1. The lowest BCUT2D eigenvalue weighted by atomic mass is 10.1. The maximum atomic E-state index is 12.5. The van der Waals surface area contributed by atoms with Crippen molar-refractivity contribution in [1.29, 1.82) is 0 Å². The van der Waals surface area contributed by atoms with Gasteiger partial charge >= 0.3 is 12.2 Å². The van der Waals surface area contributed by atoms with Crippen LogP contribution in [0.5, 0.6) is 0 Å². The topological polar surface area (TPSA) is 127 Å². The van der Waals surface area contributed by atoms with Crippen molar-refractivity contribution in [2.75, 3.05) is 10.6 Å². The van der Waals surface area contributed by atoms with Crippen molar-refractivity contribution in [3.05, 3.63) is 47.0 Å². The molecule has 2 aromatic rings. The van der Waals surface area contributed by atoms with E-state index in [1.807, 2.05) is 0 Å². The zero-order chi connectivity index (χ0) is 19.5. The molecule has 0 saturated carbocycles. The molecule has 1 aromatic heterocycles. The number of carbonyl (C=O) groups is 3. The number of halogens is 3. The highest BCUT2D eigenvalue weighted by Crippen LogP contribution is 2.32. The van der Waals surface area contributed by atoms with Crippen molar-refractivity contribution in [2.45, 2.75) is 12.6 Å². The van der Waals surface area contributed by atoms with Crippen LogP contribution < -0.4 is 22.1 Å². The molecule has 0 fully saturated rings. The molecule has 0 spiro atoms. The second-order valence-electron chi connectivity index (χ2n) is 5.13. The average Bonchev–Trinajstić information content (AvgIpc) is 2.88. The first kappa shape index (κ1) is 19.2. The van der Waals surface area contributed by atoms with Gasteiger partial charge in [-0.3, -0.25) is 14.9 Å². The smallest absolute Gasteiger partial charge is 0.366 e. The zero-order valence-corrected chi connectivity index (χ0v) is 13.8. The van der Waals surface area contributed by atoms with Gasteiger partial charge in [-0.25, -0.2) is 4.79 Å². The van der Waals surface area contributed by atoms with Crippen LogP contribution in [0, 0.1) is 0 Å². The average molecular weight is 386 g/mol. The Morgan fingerprint density at radius 1 is 1.04 bits per heavy atom. The number of benzene rings is 1. The molecule has 0 unspecified atom stereocenters. The fourth-order valence-electron chi connectivity index (χ4n) is 2.02. The van der Waals surface area contributed by atoms with Crippen LogP contribution in [0.25, 0.3) is 0 Å². The fraction of sp³-hybridized carbons (Fsp3) is 0.133. The van der Waals surface area contributed by atoms with E-state index in [-0.39, 0.29) is 22.0 Å². The second-order valence-corrected chi connectivity index (χ2v) is 6.18. The minimum absolute atomic E-state index is 0.0290. The van der Waals surface area contributed by atoms with Gasteiger partial charge < -0.3 is 16.8 Å². The number of alkyl halides is 3. The molecular weight excluding hydrogens is 373 g/mol. The molecule has 0 aliphatic heterocycles. The molecule has 1 heterocycles. The molecule has 7 nitrogen and oxygen atoms in total. The van der Waals surface area contributed by atoms with Crippen LogP contribution in [-0.2, 0) is 17.4 Å². The van der Waals surface area contributed by atoms with Gasteiger partial charge in [-0.1, -0.05) is 23.5 Å². The van der Waals surface area contributed by atoms with Crippen LogP contribution in [0.15, 0.2) is 30.3 Å². The molecule has 0 atom stereocenters. The van der Waals surface area contributed by atoms with Crippen molar-refractivity contribution in [1.82, 2.24) is 0 Å². The van der Waals surface area contributed by atoms with Gasteiger partial charge in [-0.05, 0) is 23.8 Å². The summed E-state index contributed by atoms with van der Waals surface area (Å²) >= 11 is 0.867. The Morgan fingerprint density at radius 2 is 1.65 bits per heavy atom. The number of nitrogens with one attached hydrogen (secondary N) is 2. The molecule has 6 N–H and O–H groups in total. The molecule has 0 aliphatic rings. The summed E-state index contributed by atoms with van der Waals surface area (Å²) in [5, 5.41) is 5.00. The summed E-state index contributed by atoms with van der Waals surface area (Å²) in [5.41, 5.74) is 9.70. The Kier molecular flexibility index (Phi) is 5.50. The standard InChI is InChI=1S/C15H13F3N4O3S/c16-15(17,18)8-3-1-7(2-4-8)5-10(23)21-11-6-9(12(19)24)13(26-11)22-14(20)25/h1-4,6H,5H2,(H2,19,24)(H,21,23)(H3,20,22,25). The number of rotatable bonds is 5. The summed E-state index contributed by atoms with van der Waals surface area (Å²) in [6.45, 7) is 0. The number of hydrogen-bond acceptors (Lipinski definition) is 4. The second kappa shape index (κ2) is 7.44. The summed E-state index contributed by atoms with van der Waals surface area (Å²) in [6, 6.07) is 4.53. The van der Waals surface area contributed by atoms with Crippen molar-refractivity contribution >= 4 is 39.2 Å². The molecule has 0 aliphatic carbocycles. The van der Waals surface area contributed by atoms with E-state index >= 15 is 0 Å². The minimum atomic E-state index is -4.45. The Hall–Kier alpha value is -3.08. The summed E-state index contributed by atoms with van der Waals surface area (Å²) in [6.07, 6.45) is -4.63. The van der Waals surface area contributed by atoms with Gasteiger partial charge in [0.25, 0.3) is 5.91 Å². The monoisotopic (exact) mass is 386 g/mol. The van der Waals surface area contributed by atoms with Crippen LogP contribution in [0.1, 0.15) is 21.5 Å². The van der Waals surface area contributed by atoms with Gasteiger partial charge in [0.2, 0.25) is 5.91 Å². The van der Waals surface area contributed by atoms with E-state index in [0.717, 1.165) is 23.5 Å². The normalized spacial score (nSPS) is 11.0. The number of nitrogens with two attached hydrogens (primary N) is 2. The van der Waals surface area contributed by atoms with Crippen LogP contribution in [-0.4, -0.2) is 17.8 Å². The van der Waals surface area contributed by atoms with Crippen molar-refractivity contribution < 1.29 is 27.6 Å². The largest absolute Gasteiger partial charge is 0.416 e. The van der Waals surface area contributed by atoms with Crippen LogP contribution in [0.4, 0.5) is 28.0 Å². The molecule has 138 valence electrons. The van der Waals surface area contributed by atoms with Crippen molar-refractivity contribution in [3.8, 4) is 0 Å². The third-order valence-corrected chi connectivity index (χ3v) is 4.11. The number of hydrogen-bond donors (Lipinski definition) is 4. The number of anilines is 2. The summed E-state index contributed by atoms with van der Waals surface area (Å²) < 4.78 is 37.5. The number of urea groups is 1. The predicted octanol–water partition coefficient (Wildman–Crippen LogP) is 2.54. The first-order valence-electron chi connectivity index (χ1n) is 7.02. The van der Waals surface area contributed by atoms with E-state index in [1.54, 1.807) is 0 Å². The lowest BCUT2D eigenvalue weighted by Crippen LogP contribution is -2.21.